The van der Waals surface area contributed by atoms with Gasteiger partial charge in [-0.15, -0.1) is 32.3 Å². The molecule has 2 aromatic heterocycles. The highest BCUT2D eigenvalue weighted by Crippen LogP contribution is 2.30. The number of aromatic nitrogens is 7. The molecule has 2 aromatic carbocycles. The minimum atomic E-state index is -0.399. The summed E-state index contributed by atoms with van der Waals surface area (Å²) in [7, 11) is 0. The van der Waals surface area contributed by atoms with Crippen LogP contribution in [0, 0.1) is 18.3 Å². The van der Waals surface area contributed by atoms with Crippen LogP contribution in [0.2, 0.25) is 0 Å². The second-order valence-electron chi connectivity index (χ2n) is 9.05. The van der Waals surface area contributed by atoms with Crippen LogP contribution in [0.25, 0.3) is 22.5 Å². The van der Waals surface area contributed by atoms with Gasteiger partial charge in [-0.25, -0.2) is 4.79 Å². The first-order chi connectivity index (χ1) is 17.7. The zero-order chi connectivity index (χ0) is 24.9. The molecule has 0 atom stereocenters. The van der Waals surface area contributed by atoms with Crippen molar-refractivity contribution in [1.29, 1.82) is 0 Å². The number of tetrazole rings is 1. The lowest BCUT2D eigenvalue weighted by molar-refractivity contribution is 0.0778. The Balaban J connectivity index is 1.42. The Morgan fingerprint density at radius 3 is 2.50 bits per heavy atom. The van der Waals surface area contributed by atoms with Crippen LogP contribution in [0.4, 0.5) is 0 Å². The molecule has 36 heavy (non-hydrogen) atoms. The van der Waals surface area contributed by atoms with E-state index in [1.165, 1.54) is 0 Å². The summed E-state index contributed by atoms with van der Waals surface area (Å²) < 4.78 is 2.64. The highest BCUT2D eigenvalue weighted by molar-refractivity contribution is 5.81. The molecule has 0 saturated heterocycles. The minimum Gasteiger partial charge on any atom is -0.274 e. The van der Waals surface area contributed by atoms with Gasteiger partial charge in [-0.1, -0.05) is 67.8 Å². The summed E-state index contributed by atoms with van der Waals surface area (Å²) >= 11 is 0. The number of nitrogens with one attached hydrogen (secondary N) is 1. The van der Waals surface area contributed by atoms with Crippen molar-refractivity contribution in [3.63, 3.8) is 0 Å². The number of carbonyl (C=O) groups is 1. The minimum absolute atomic E-state index is 0.140. The van der Waals surface area contributed by atoms with Crippen LogP contribution in [-0.2, 0) is 13.0 Å². The van der Waals surface area contributed by atoms with Gasteiger partial charge in [-0.3, -0.25) is 9.36 Å². The summed E-state index contributed by atoms with van der Waals surface area (Å²) in [5.74, 6) is 3.32. The molecule has 9 heteroatoms. The van der Waals surface area contributed by atoms with Crippen molar-refractivity contribution in [2.75, 3.05) is 0 Å². The molecule has 4 aromatic rings. The fraction of sp³-hybridized carbons (Fsp3) is 0.333. The first-order valence-corrected chi connectivity index (χ1v) is 12.2. The third-order valence-electron chi connectivity index (χ3n) is 6.71. The number of nitrogens with zero attached hydrogens (tertiary/aromatic N) is 6. The normalized spacial score (nSPS) is 14.0. The van der Waals surface area contributed by atoms with E-state index in [2.05, 4.69) is 31.6 Å². The Morgan fingerprint density at radius 1 is 1.06 bits per heavy atom. The molecular weight excluding hydrogens is 454 g/mol. The van der Waals surface area contributed by atoms with Crippen LogP contribution in [0.3, 0.4) is 0 Å². The van der Waals surface area contributed by atoms with Crippen molar-refractivity contribution in [2.24, 2.45) is 5.92 Å². The lowest BCUT2D eigenvalue weighted by atomic mass is 9.89. The molecule has 5 rings (SSSR count). The number of hydrogen-bond donors (Lipinski definition) is 1. The van der Waals surface area contributed by atoms with Crippen LogP contribution in [0.15, 0.2) is 53.3 Å². The number of benzene rings is 2. The highest BCUT2D eigenvalue weighted by atomic mass is 16.2. The SMILES string of the molecule is C#CCCc1nn(C(=O)C2CCCCC2)c(=O)n1Cc1ccc(-c2ccccc2-c2nn[nH]n2)cc1. The Labute approximate surface area is 208 Å². The lowest BCUT2D eigenvalue weighted by Gasteiger charge is -2.19. The molecule has 1 aliphatic carbocycles. The van der Waals surface area contributed by atoms with Crippen LogP contribution in [-0.4, -0.2) is 40.9 Å². The van der Waals surface area contributed by atoms with Crippen molar-refractivity contribution in [1.82, 2.24) is 35.0 Å². The molecule has 0 aliphatic heterocycles. The van der Waals surface area contributed by atoms with Gasteiger partial charge < -0.3 is 0 Å². The first kappa shape index (κ1) is 23.4. The van der Waals surface area contributed by atoms with Gasteiger partial charge in [0.05, 0.1) is 6.54 Å². The molecule has 2 heterocycles. The van der Waals surface area contributed by atoms with Crippen molar-refractivity contribution in [2.45, 2.75) is 51.5 Å². The predicted octanol–water partition coefficient (Wildman–Crippen LogP) is 3.73. The van der Waals surface area contributed by atoms with Gasteiger partial charge in [-0.05, 0) is 34.7 Å². The van der Waals surface area contributed by atoms with Gasteiger partial charge in [0.1, 0.15) is 5.82 Å². The van der Waals surface area contributed by atoms with Crippen LogP contribution in [0.1, 0.15) is 54.7 Å². The smallest absolute Gasteiger partial charge is 0.274 e. The quantitative estimate of drug-likeness (QED) is 0.403. The van der Waals surface area contributed by atoms with E-state index < -0.39 is 5.69 Å². The average molecular weight is 482 g/mol. The maximum atomic E-state index is 13.3. The molecule has 182 valence electrons. The van der Waals surface area contributed by atoms with E-state index in [1.807, 2.05) is 48.5 Å². The van der Waals surface area contributed by atoms with Crippen molar-refractivity contribution >= 4 is 5.91 Å². The largest absolute Gasteiger partial charge is 0.353 e. The second-order valence-corrected chi connectivity index (χ2v) is 9.05. The van der Waals surface area contributed by atoms with E-state index in [-0.39, 0.29) is 11.8 Å². The number of aromatic amines is 1. The number of hydrogen-bond acceptors (Lipinski definition) is 6. The number of H-pyrrole nitrogens is 1. The topological polar surface area (TPSA) is 111 Å². The Morgan fingerprint density at radius 2 is 1.81 bits per heavy atom. The predicted molar refractivity (Wildman–Crippen MR) is 135 cm³/mol. The van der Waals surface area contributed by atoms with Gasteiger partial charge in [0.25, 0.3) is 5.91 Å². The zero-order valence-electron chi connectivity index (χ0n) is 19.9. The van der Waals surface area contributed by atoms with Crippen LogP contribution in [0.5, 0.6) is 0 Å². The van der Waals surface area contributed by atoms with Crippen LogP contribution < -0.4 is 5.69 Å². The summed E-state index contributed by atoms with van der Waals surface area (Å²) in [5, 5.41) is 18.8. The molecular formula is C27H27N7O2. The second kappa shape index (κ2) is 10.5. The monoisotopic (exact) mass is 481 g/mol. The van der Waals surface area contributed by atoms with Crippen molar-refractivity contribution < 1.29 is 4.79 Å². The van der Waals surface area contributed by atoms with Gasteiger partial charge in [0.15, 0.2) is 0 Å². The van der Waals surface area contributed by atoms with Gasteiger partial charge >= 0.3 is 5.69 Å². The number of rotatable bonds is 7. The molecule has 1 saturated carbocycles. The lowest BCUT2D eigenvalue weighted by Crippen LogP contribution is -2.35. The van der Waals surface area contributed by atoms with E-state index in [1.54, 1.807) is 4.57 Å². The Kier molecular flexibility index (Phi) is 6.85. The molecule has 0 bridgehead atoms. The molecule has 0 unspecified atom stereocenters. The standard InChI is InChI=1S/C27H27N7O2/c1-2-3-13-24-30-34(26(35)21-9-5-4-6-10-21)27(36)33(24)18-19-14-16-20(17-15-19)22-11-7-8-12-23(22)25-28-31-32-29-25/h1,7-8,11-12,14-17,21H,3-6,9-10,13,18H2,(H,28,29,31,32). The van der Waals surface area contributed by atoms with Crippen LogP contribution >= 0.6 is 0 Å². The van der Waals surface area contributed by atoms with Gasteiger partial charge in [-0.2, -0.15) is 5.21 Å². The molecule has 0 amide bonds. The van der Waals surface area contributed by atoms with E-state index in [0.29, 0.717) is 31.0 Å². The summed E-state index contributed by atoms with van der Waals surface area (Å²) in [6.07, 6.45) is 11.1. The van der Waals surface area contributed by atoms with Gasteiger partial charge in [0, 0.05) is 24.3 Å². The summed E-state index contributed by atoms with van der Waals surface area (Å²) in [6, 6.07) is 15.8. The molecule has 1 N–H and O–H groups in total. The molecule has 1 fully saturated rings. The number of terminal acetylenes is 1. The number of aryl methyl sites for hydroxylation is 1. The summed E-state index contributed by atoms with van der Waals surface area (Å²) in [4.78, 5) is 26.3. The third-order valence-corrected chi connectivity index (χ3v) is 6.71. The Bertz CT molecular complexity index is 1440. The maximum absolute atomic E-state index is 13.3. The van der Waals surface area contributed by atoms with E-state index in [9.17, 15) is 9.59 Å². The third kappa shape index (κ3) is 4.75. The van der Waals surface area contributed by atoms with Gasteiger partial charge in [0.2, 0.25) is 5.82 Å². The van der Waals surface area contributed by atoms with E-state index in [0.717, 1.165) is 59.0 Å². The van der Waals surface area contributed by atoms with Crippen molar-refractivity contribution in [3.8, 4) is 34.9 Å². The fourth-order valence-electron chi connectivity index (χ4n) is 4.81. The molecule has 1 aliphatic rings. The Hall–Kier alpha value is -4.32. The maximum Gasteiger partial charge on any atom is 0.353 e. The van der Waals surface area contributed by atoms with Crippen molar-refractivity contribution in [3.05, 3.63) is 70.4 Å². The highest BCUT2D eigenvalue weighted by Gasteiger charge is 2.27. The zero-order valence-corrected chi connectivity index (χ0v) is 19.9. The summed E-state index contributed by atoms with van der Waals surface area (Å²) in [5.41, 5.74) is 3.35. The number of carbonyl (C=O) groups excluding carboxylic acids is 1. The molecule has 9 nitrogen and oxygen atoms in total. The molecule has 0 spiro atoms. The fourth-order valence-corrected chi connectivity index (χ4v) is 4.81. The molecule has 0 radical (unpaired) electrons. The average Bonchev–Trinajstić information content (AvgIpc) is 3.57. The first-order valence-electron chi connectivity index (χ1n) is 12.2. The van der Waals surface area contributed by atoms with E-state index in [4.69, 9.17) is 6.42 Å². The summed E-state index contributed by atoms with van der Waals surface area (Å²) in [6.45, 7) is 0.309. The van der Waals surface area contributed by atoms with E-state index >= 15 is 0 Å².